The number of hydrogen-bond acceptors (Lipinski definition) is 5. The number of aromatic hydroxyl groups is 1. The summed E-state index contributed by atoms with van der Waals surface area (Å²) in [6.45, 7) is 0. The summed E-state index contributed by atoms with van der Waals surface area (Å²) in [6, 6.07) is 8.70. The fraction of sp³-hybridized carbons (Fsp3) is 0.125. The van der Waals surface area contributed by atoms with Gasteiger partial charge in [-0.15, -0.1) is 0 Å². The zero-order valence-electron chi connectivity index (χ0n) is 12.8. The normalized spacial score (nSPS) is 12.5. The molecule has 0 aliphatic rings. The molecule has 0 aliphatic carbocycles. The molecule has 1 atom stereocenters. The second-order valence-electron chi connectivity index (χ2n) is 5.21. The molecule has 0 saturated carbocycles. The topological polar surface area (TPSA) is 141 Å². The number of carboxylic acids is 2. The number of sulfonamides is 1. The van der Waals surface area contributed by atoms with E-state index in [0.717, 1.165) is 24.3 Å². The quantitative estimate of drug-likeness (QED) is 0.575. The number of nitrogens with one attached hydrogen (secondary N) is 1. The van der Waals surface area contributed by atoms with Gasteiger partial charge in [0.25, 0.3) is 0 Å². The zero-order chi connectivity index (χ0) is 18.6. The van der Waals surface area contributed by atoms with E-state index in [1.165, 1.54) is 24.3 Å². The van der Waals surface area contributed by atoms with E-state index in [9.17, 15) is 28.2 Å². The summed E-state index contributed by atoms with van der Waals surface area (Å²) in [5.41, 5.74) is 0.437. The van der Waals surface area contributed by atoms with Crippen molar-refractivity contribution >= 4 is 22.0 Å². The Morgan fingerprint density at radius 2 is 1.52 bits per heavy atom. The standard InChI is InChI=1S/C16H15NO7S/c18-12-5-1-10(2-6-12)9-14(16(21)22)17-25(23,24)13-7-3-11(4-8-13)15(19)20/h1-8,14,17-18H,9H2,(H,19,20)(H,21,22)/t14-/m0/s1. The van der Waals surface area contributed by atoms with Crippen molar-refractivity contribution in [3.05, 3.63) is 59.7 Å². The van der Waals surface area contributed by atoms with E-state index in [1.54, 1.807) is 0 Å². The number of phenolic OH excluding ortho intramolecular Hbond substituents is 1. The van der Waals surface area contributed by atoms with Crippen LogP contribution < -0.4 is 4.72 Å². The maximum Gasteiger partial charge on any atom is 0.335 e. The molecule has 0 aromatic heterocycles. The third-order valence-electron chi connectivity index (χ3n) is 3.38. The molecule has 0 fully saturated rings. The molecule has 2 aromatic carbocycles. The highest BCUT2D eigenvalue weighted by Gasteiger charge is 2.25. The number of carbonyl (C=O) groups is 2. The van der Waals surface area contributed by atoms with Crippen LogP contribution in [0.15, 0.2) is 53.4 Å². The third-order valence-corrected chi connectivity index (χ3v) is 4.87. The van der Waals surface area contributed by atoms with Crippen LogP contribution in [-0.4, -0.2) is 41.7 Å². The van der Waals surface area contributed by atoms with Gasteiger partial charge in [-0.1, -0.05) is 12.1 Å². The second kappa shape index (κ2) is 7.32. The molecule has 25 heavy (non-hydrogen) atoms. The Kier molecular flexibility index (Phi) is 5.40. The molecule has 0 radical (unpaired) electrons. The summed E-state index contributed by atoms with van der Waals surface area (Å²) in [4.78, 5) is 21.9. The highest BCUT2D eigenvalue weighted by Crippen LogP contribution is 2.14. The van der Waals surface area contributed by atoms with E-state index in [-0.39, 0.29) is 22.6 Å². The molecular formula is C16H15NO7S. The van der Waals surface area contributed by atoms with Crippen LogP contribution in [0.5, 0.6) is 5.75 Å². The molecular weight excluding hydrogens is 350 g/mol. The molecule has 132 valence electrons. The van der Waals surface area contributed by atoms with Gasteiger partial charge in [-0.2, -0.15) is 4.72 Å². The minimum atomic E-state index is -4.15. The van der Waals surface area contributed by atoms with E-state index >= 15 is 0 Å². The van der Waals surface area contributed by atoms with E-state index in [0.29, 0.717) is 5.56 Å². The fourth-order valence-corrected chi connectivity index (χ4v) is 3.27. The number of aromatic carboxylic acids is 1. The molecule has 9 heteroatoms. The van der Waals surface area contributed by atoms with E-state index in [4.69, 9.17) is 5.11 Å². The summed E-state index contributed by atoms with van der Waals surface area (Å²) in [6.07, 6.45) is -0.123. The number of hydrogen-bond donors (Lipinski definition) is 4. The van der Waals surface area contributed by atoms with Gasteiger partial charge in [0.05, 0.1) is 10.5 Å². The molecule has 2 aromatic rings. The first-order chi connectivity index (χ1) is 11.7. The number of phenols is 1. The molecule has 8 nitrogen and oxygen atoms in total. The first-order valence-electron chi connectivity index (χ1n) is 7.05. The SMILES string of the molecule is O=C(O)c1ccc(S(=O)(=O)N[C@@H](Cc2ccc(O)cc2)C(=O)O)cc1. The predicted molar refractivity (Wildman–Crippen MR) is 87.0 cm³/mol. The van der Waals surface area contributed by atoms with Gasteiger partial charge in [0.1, 0.15) is 11.8 Å². The average Bonchev–Trinajstić information content (AvgIpc) is 2.56. The molecule has 2 rings (SSSR count). The van der Waals surface area contributed by atoms with Crippen molar-refractivity contribution in [2.45, 2.75) is 17.4 Å². The van der Waals surface area contributed by atoms with Crippen LogP contribution in [0, 0.1) is 0 Å². The minimum absolute atomic E-state index is 0.00901. The summed E-state index contributed by atoms with van der Waals surface area (Å²) >= 11 is 0. The van der Waals surface area contributed by atoms with Crippen molar-refractivity contribution in [1.29, 1.82) is 0 Å². The summed E-state index contributed by atoms with van der Waals surface area (Å²) in [5, 5.41) is 27.3. The molecule has 0 unspecified atom stereocenters. The monoisotopic (exact) mass is 365 g/mol. The lowest BCUT2D eigenvalue weighted by molar-refractivity contribution is -0.138. The van der Waals surface area contributed by atoms with Gasteiger partial charge in [-0.3, -0.25) is 4.79 Å². The first-order valence-corrected chi connectivity index (χ1v) is 8.54. The average molecular weight is 365 g/mol. The lowest BCUT2D eigenvalue weighted by Crippen LogP contribution is -2.42. The lowest BCUT2D eigenvalue weighted by Gasteiger charge is -2.15. The van der Waals surface area contributed by atoms with Gasteiger partial charge in [0.2, 0.25) is 10.0 Å². The predicted octanol–water partition coefficient (Wildman–Crippen LogP) is 1.06. The van der Waals surface area contributed by atoms with Gasteiger partial charge in [0.15, 0.2) is 0 Å². The van der Waals surface area contributed by atoms with Gasteiger partial charge >= 0.3 is 11.9 Å². The first kappa shape index (κ1) is 18.4. The van der Waals surface area contributed by atoms with E-state index in [2.05, 4.69) is 4.72 Å². The van der Waals surface area contributed by atoms with Crippen molar-refractivity contribution in [3.63, 3.8) is 0 Å². The Balaban J connectivity index is 2.20. The van der Waals surface area contributed by atoms with Gasteiger partial charge in [-0.25, -0.2) is 13.2 Å². The molecule has 0 saturated heterocycles. The molecule has 0 amide bonds. The molecule has 0 bridgehead atoms. The van der Waals surface area contributed by atoms with Crippen molar-refractivity contribution in [3.8, 4) is 5.75 Å². The minimum Gasteiger partial charge on any atom is -0.508 e. The van der Waals surface area contributed by atoms with Crippen molar-refractivity contribution in [2.75, 3.05) is 0 Å². The van der Waals surface area contributed by atoms with Gasteiger partial charge in [0, 0.05) is 0 Å². The van der Waals surface area contributed by atoms with Crippen LogP contribution in [0.1, 0.15) is 15.9 Å². The van der Waals surface area contributed by atoms with Crippen LogP contribution in [0.2, 0.25) is 0 Å². The Bertz CT molecular complexity index is 874. The molecule has 0 heterocycles. The fourth-order valence-electron chi connectivity index (χ4n) is 2.08. The summed E-state index contributed by atoms with van der Waals surface area (Å²) < 4.78 is 26.7. The van der Waals surface area contributed by atoms with Crippen LogP contribution in [0.25, 0.3) is 0 Å². The maximum atomic E-state index is 12.3. The number of aliphatic carboxylic acids is 1. The second-order valence-corrected chi connectivity index (χ2v) is 6.93. The van der Waals surface area contributed by atoms with Crippen molar-refractivity contribution < 1.29 is 33.3 Å². The highest BCUT2D eigenvalue weighted by atomic mass is 32.2. The van der Waals surface area contributed by atoms with Crippen LogP contribution >= 0.6 is 0 Å². The largest absolute Gasteiger partial charge is 0.508 e. The third kappa shape index (κ3) is 4.78. The van der Waals surface area contributed by atoms with E-state index < -0.39 is 28.0 Å². The van der Waals surface area contributed by atoms with Crippen molar-refractivity contribution in [1.82, 2.24) is 4.72 Å². The highest BCUT2D eigenvalue weighted by molar-refractivity contribution is 7.89. The van der Waals surface area contributed by atoms with Crippen LogP contribution in [0.4, 0.5) is 0 Å². The summed E-state index contributed by atoms with van der Waals surface area (Å²) in [5.74, 6) is -2.55. The number of benzene rings is 2. The van der Waals surface area contributed by atoms with Crippen LogP contribution in [0.3, 0.4) is 0 Å². The Morgan fingerprint density at radius 1 is 0.960 bits per heavy atom. The van der Waals surface area contributed by atoms with Crippen molar-refractivity contribution in [2.24, 2.45) is 0 Å². The van der Waals surface area contributed by atoms with E-state index in [1.807, 2.05) is 0 Å². The Morgan fingerprint density at radius 3 is 2.00 bits per heavy atom. The zero-order valence-corrected chi connectivity index (χ0v) is 13.6. The smallest absolute Gasteiger partial charge is 0.335 e. The van der Waals surface area contributed by atoms with Gasteiger partial charge < -0.3 is 15.3 Å². The number of rotatable bonds is 7. The molecule has 4 N–H and O–H groups in total. The molecule has 0 aliphatic heterocycles. The van der Waals surface area contributed by atoms with Gasteiger partial charge in [-0.05, 0) is 48.4 Å². The summed E-state index contributed by atoms with van der Waals surface area (Å²) in [7, 11) is -4.15. The Hall–Kier alpha value is -2.91. The van der Waals surface area contributed by atoms with Crippen LogP contribution in [-0.2, 0) is 21.2 Å². The maximum absolute atomic E-state index is 12.3. The lowest BCUT2D eigenvalue weighted by atomic mass is 10.1. The molecule has 0 spiro atoms. The number of carboxylic acid groups (broad SMARTS) is 2. The Labute approximate surface area is 143 Å².